The molecule has 1 N–H and O–H groups in total. The summed E-state index contributed by atoms with van der Waals surface area (Å²) in [7, 11) is 1.25. The highest BCUT2D eigenvalue weighted by Gasteiger charge is 2.39. The van der Waals surface area contributed by atoms with Crippen molar-refractivity contribution in [1.29, 1.82) is 0 Å². The van der Waals surface area contributed by atoms with Crippen LogP contribution in [0, 0.1) is 5.82 Å². The van der Waals surface area contributed by atoms with Crippen molar-refractivity contribution in [3.05, 3.63) is 81.8 Å². The molecule has 1 saturated heterocycles. The second-order valence-electron chi connectivity index (χ2n) is 8.93. The van der Waals surface area contributed by atoms with Crippen molar-refractivity contribution < 1.29 is 27.9 Å². The number of nitrogens with one attached hydrogen (secondary N) is 1. The van der Waals surface area contributed by atoms with Crippen LogP contribution in [0.2, 0.25) is 0 Å². The number of likely N-dealkylation sites (tertiary alicyclic amines) is 1. The standard InChI is InChI=1S/C27H31FN2O5/c1-17-23(26(31)33-3)25(21-9-5-6-10-22(21)28)24(18(2)29-17)27(32)34-16-20-12-11-19(35-20)15-30-13-7-4-8-14-30/h5-6,9-12,25,29H,4,7-8,13-16H2,1-3H3/t25-/m1/s1. The number of carbonyl (C=O) groups is 2. The number of benzene rings is 1. The molecule has 2 aliphatic rings. The number of esters is 2. The monoisotopic (exact) mass is 482 g/mol. The number of methoxy groups -OCH3 is 1. The predicted molar refractivity (Wildman–Crippen MR) is 127 cm³/mol. The fraction of sp³-hybridized carbons (Fsp3) is 0.407. The van der Waals surface area contributed by atoms with Crippen LogP contribution in [0.5, 0.6) is 0 Å². The van der Waals surface area contributed by atoms with Crippen molar-refractivity contribution in [2.75, 3.05) is 20.2 Å². The van der Waals surface area contributed by atoms with Crippen molar-refractivity contribution in [3.63, 3.8) is 0 Å². The molecule has 1 aromatic heterocycles. The maximum Gasteiger partial charge on any atom is 0.337 e. The molecular formula is C27H31FN2O5. The zero-order valence-electron chi connectivity index (χ0n) is 20.4. The Hall–Kier alpha value is -3.39. The molecule has 0 unspecified atom stereocenters. The Balaban J connectivity index is 1.54. The Morgan fingerprint density at radius 1 is 1.00 bits per heavy atom. The van der Waals surface area contributed by atoms with E-state index in [9.17, 15) is 14.0 Å². The third-order valence-electron chi connectivity index (χ3n) is 6.49. The summed E-state index contributed by atoms with van der Waals surface area (Å²) in [6, 6.07) is 9.77. The smallest absolute Gasteiger partial charge is 0.337 e. The minimum atomic E-state index is -0.969. The minimum Gasteiger partial charge on any atom is -0.466 e. The van der Waals surface area contributed by atoms with Crippen LogP contribution in [-0.4, -0.2) is 37.0 Å². The number of dihydropyridines is 1. The first-order chi connectivity index (χ1) is 16.9. The van der Waals surface area contributed by atoms with Crippen molar-refractivity contribution in [2.45, 2.75) is 52.2 Å². The Bertz CT molecular complexity index is 1160. The van der Waals surface area contributed by atoms with Gasteiger partial charge in [-0.3, -0.25) is 4.90 Å². The fourth-order valence-corrected chi connectivity index (χ4v) is 4.80. The molecule has 0 spiro atoms. The molecule has 1 aromatic carbocycles. The van der Waals surface area contributed by atoms with Gasteiger partial charge in [-0.05, 0) is 58.0 Å². The molecule has 2 aliphatic heterocycles. The lowest BCUT2D eigenvalue weighted by Gasteiger charge is -2.30. The van der Waals surface area contributed by atoms with Gasteiger partial charge in [-0.1, -0.05) is 24.6 Å². The van der Waals surface area contributed by atoms with E-state index in [0.29, 0.717) is 17.2 Å². The molecule has 2 aromatic rings. The SMILES string of the molecule is COC(=O)C1=C(C)NC(C)=C(C(=O)OCc2ccc(CN3CCCCC3)o2)[C@@H]1c1ccccc1F. The van der Waals surface area contributed by atoms with Crippen LogP contribution >= 0.6 is 0 Å². The molecule has 0 bridgehead atoms. The third-order valence-corrected chi connectivity index (χ3v) is 6.49. The number of piperidine rings is 1. The Morgan fingerprint density at radius 3 is 2.34 bits per heavy atom. The summed E-state index contributed by atoms with van der Waals surface area (Å²) in [5.74, 6) is -1.46. The second-order valence-corrected chi connectivity index (χ2v) is 8.93. The molecule has 0 radical (unpaired) electrons. The maximum atomic E-state index is 14.9. The van der Waals surface area contributed by atoms with Crippen molar-refractivity contribution >= 4 is 11.9 Å². The second kappa shape index (κ2) is 10.9. The summed E-state index contributed by atoms with van der Waals surface area (Å²) in [5.41, 5.74) is 1.49. The van der Waals surface area contributed by atoms with Gasteiger partial charge in [0.1, 0.15) is 23.9 Å². The first kappa shape index (κ1) is 24.7. The largest absolute Gasteiger partial charge is 0.466 e. The normalized spacial score (nSPS) is 18.9. The molecule has 0 amide bonds. The summed E-state index contributed by atoms with van der Waals surface area (Å²) in [5, 5.41) is 3.05. The number of rotatable bonds is 7. The number of furan rings is 1. The summed E-state index contributed by atoms with van der Waals surface area (Å²) in [4.78, 5) is 28.3. The number of hydrogen-bond acceptors (Lipinski definition) is 7. The molecule has 4 rings (SSSR count). The van der Waals surface area contributed by atoms with Crippen LogP contribution in [0.15, 0.2) is 63.4 Å². The molecular weight excluding hydrogens is 451 g/mol. The van der Waals surface area contributed by atoms with Crippen LogP contribution < -0.4 is 5.32 Å². The lowest BCUT2D eigenvalue weighted by Crippen LogP contribution is -2.32. The predicted octanol–water partition coefficient (Wildman–Crippen LogP) is 4.56. The van der Waals surface area contributed by atoms with Gasteiger partial charge >= 0.3 is 11.9 Å². The third kappa shape index (κ3) is 5.48. The summed E-state index contributed by atoms with van der Waals surface area (Å²) >= 11 is 0. The van der Waals surface area contributed by atoms with E-state index in [1.165, 1.54) is 32.4 Å². The molecule has 1 atom stereocenters. The van der Waals surface area contributed by atoms with Gasteiger partial charge in [0.25, 0.3) is 0 Å². The van der Waals surface area contributed by atoms with E-state index in [4.69, 9.17) is 13.9 Å². The van der Waals surface area contributed by atoms with E-state index in [1.807, 2.05) is 6.07 Å². The lowest BCUT2D eigenvalue weighted by atomic mass is 9.80. The average Bonchev–Trinajstić information content (AvgIpc) is 3.30. The van der Waals surface area contributed by atoms with E-state index < -0.39 is 23.7 Å². The van der Waals surface area contributed by atoms with Gasteiger partial charge in [0.15, 0.2) is 0 Å². The van der Waals surface area contributed by atoms with Gasteiger partial charge in [-0.15, -0.1) is 0 Å². The number of hydrogen-bond donors (Lipinski definition) is 1. The number of halogens is 1. The highest BCUT2D eigenvalue weighted by atomic mass is 19.1. The maximum absolute atomic E-state index is 14.9. The van der Waals surface area contributed by atoms with E-state index in [2.05, 4.69) is 10.2 Å². The van der Waals surface area contributed by atoms with Crippen LogP contribution in [0.3, 0.4) is 0 Å². The van der Waals surface area contributed by atoms with E-state index >= 15 is 0 Å². The molecule has 8 heteroatoms. The Morgan fingerprint density at radius 2 is 1.66 bits per heavy atom. The average molecular weight is 483 g/mol. The number of ether oxygens (including phenoxy) is 2. The van der Waals surface area contributed by atoms with Gasteiger partial charge in [0.2, 0.25) is 0 Å². The van der Waals surface area contributed by atoms with Gasteiger partial charge in [-0.25, -0.2) is 14.0 Å². The highest BCUT2D eigenvalue weighted by Crippen LogP contribution is 2.40. The van der Waals surface area contributed by atoms with Gasteiger partial charge in [0, 0.05) is 17.0 Å². The summed E-state index contributed by atoms with van der Waals surface area (Å²) in [6.45, 7) is 6.15. The Labute approximate surface area is 204 Å². The van der Waals surface area contributed by atoms with E-state index in [-0.39, 0.29) is 23.3 Å². The molecule has 7 nitrogen and oxygen atoms in total. The highest BCUT2D eigenvalue weighted by molar-refractivity contribution is 5.99. The Kier molecular flexibility index (Phi) is 7.70. The van der Waals surface area contributed by atoms with E-state index in [0.717, 1.165) is 25.4 Å². The quantitative estimate of drug-likeness (QED) is 0.580. The molecule has 35 heavy (non-hydrogen) atoms. The van der Waals surface area contributed by atoms with Gasteiger partial charge in [0.05, 0.1) is 30.7 Å². The van der Waals surface area contributed by atoms with Gasteiger partial charge in [-0.2, -0.15) is 0 Å². The van der Waals surface area contributed by atoms with Gasteiger partial charge < -0.3 is 19.2 Å². The first-order valence-corrected chi connectivity index (χ1v) is 11.9. The number of nitrogens with zero attached hydrogens (tertiary/aromatic N) is 1. The van der Waals surface area contributed by atoms with Crippen LogP contribution in [-0.2, 0) is 32.2 Å². The zero-order valence-corrected chi connectivity index (χ0v) is 20.4. The minimum absolute atomic E-state index is 0.0736. The summed E-state index contributed by atoms with van der Waals surface area (Å²) in [6.07, 6.45) is 3.65. The molecule has 0 saturated carbocycles. The van der Waals surface area contributed by atoms with Crippen LogP contribution in [0.25, 0.3) is 0 Å². The van der Waals surface area contributed by atoms with Crippen LogP contribution in [0.4, 0.5) is 4.39 Å². The zero-order chi connectivity index (χ0) is 24.9. The molecule has 1 fully saturated rings. The van der Waals surface area contributed by atoms with Crippen molar-refractivity contribution in [1.82, 2.24) is 10.2 Å². The molecule has 186 valence electrons. The van der Waals surface area contributed by atoms with Crippen molar-refractivity contribution in [2.24, 2.45) is 0 Å². The fourth-order valence-electron chi connectivity index (χ4n) is 4.80. The molecule has 3 heterocycles. The van der Waals surface area contributed by atoms with Crippen molar-refractivity contribution in [3.8, 4) is 0 Å². The first-order valence-electron chi connectivity index (χ1n) is 11.9. The number of carbonyl (C=O) groups excluding carboxylic acids is 2. The topological polar surface area (TPSA) is 81.0 Å². The lowest BCUT2D eigenvalue weighted by molar-refractivity contribution is -0.141. The number of allylic oxidation sites excluding steroid dienone is 2. The molecule has 0 aliphatic carbocycles. The van der Waals surface area contributed by atoms with Crippen LogP contribution in [0.1, 0.15) is 56.1 Å². The van der Waals surface area contributed by atoms with E-state index in [1.54, 1.807) is 38.1 Å². The summed E-state index contributed by atoms with van der Waals surface area (Å²) < 4.78 is 31.3.